The smallest absolute Gasteiger partial charge is 0.342 e. The van der Waals surface area contributed by atoms with Gasteiger partial charge in [-0.3, -0.25) is 19.2 Å². The lowest BCUT2D eigenvalue weighted by molar-refractivity contribution is -0.153. The number of aliphatic carboxylic acids is 4. The molecular weight excluding hydrogens is 954 g/mol. The van der Waals surface area contributed by atoms with Gasteiger partial charge < -0.3 is 29.9 Å². The van der Waals surface area contributed by atoms with E-state index < -0.39 is 53.7 Å². The number of allylic oxidation sites excluding steroid dienone is 2. The number of alkyl halides is 2. The van der Waals surface area contributed by atoms with Crippen LogP contribution in [0.1, 0.15) is 106 Å². The van der Waals surface area contributed by atoms with Gasteiger partial charge in [0.25, 0.3) is 0 Å². The van der Waals surface area contributed by atoms with E-state index in [1.807, 2.05) is 13.8 Å². The van der Waals surface area contributed by atoms with E-state index in [-0.39, 0.29) is 53.1 Å². The molecule has 2 aliphatic carbocycles. The molecule has 0 saturated heterocycles. The van der Waals surface area contributed by atoms with E-state index in [4.69, 9.17) is 20.4 Å². The number of carbonyl (C=O) groups excluding carboxylic acids is 6. The molecule has 0 saturated carbocycles. The Labute approximate surface area is 345 Å². The Morgan fingerprint density at radius 3 is 1.71 bits per heavy atom. The zero-order chi connectivity index (χ0) is 42.7. The number of cyclic esters (lactones) is 4. The molecule has 2 heterocycles. The number of hydrogen-bond donors (Lipinski definition) is 4. The molecule has 4 N–H and O–H groups in total. The van der Waals surface area contributed by atoms with E-state index in [0.29, 0.717) is 60.3 Å². The van der Waals surface area contributed by atoms with Gasteiger partial charge in [-0.1, -0.05) is 65.5 Å². The number of carboxylic acid groups (broad SMARTS) is 4. The topological polar surface area (TPSA) is 270 Å². The summed E-state index contributed by atoms with van der Waals surface area (Å²) in [5.41, 5.74) is 2.46. The van der Waals surface area contributed by atoms with Gasteiger partial charge in [0.2, 0.25) is 0 Å². The number of ketones is 2. The molecule has 2 unspecified atom stereocenters. The first kappa shape index (κ1) is 50.9. The highest BCUT2D eigenvalue weighted by Gasteiger charge is 2.39. The fourth-order valence-electron chi connectivity index (χ4n) is 5.53. The maximum atomic E-state index is 11.1. The fourth-order valence-corrected chi connectivity index (χ4v) is 5.53. The van der Waals surface area contributed by atoms with Crippen molar-refractivity contribution in [3.05, 3.63) is 44.6 Å². The molecule has 0 spiro atoms. The SMILES string of the molecule is CC(=O)C1=C(C(=O)O)CCC(C)C1.CC1=C(CCC(=O)O)C(=O)OC1=O.CCC/C(C(C)=O)=C(\C)C(=O)O.ICI.O=C1OC(=O)C2=C1CCC(C(=O)O)C2. The van der Waals surface area contributed by atoms with E-state index in [1.165, 1.54) is 30.1 Å². The molecular formula is C37H46I2O16. The molecule has 55 heavy (non-hydrogen) atoms. The third-order valence-electron chi connectivity index (χ3n) is 8.55. The second kappa shape index (κ2) is 25.2. The maximum Gasteiger partial charge on any atom is 0.342 e. The standard InChI is InChI=1S/C10H14O3.C9H8O5.C9H14O3.C8H8O5.CH2I2/c1-6-3-4-8(10(12)13)9(5-6)7(2)11;10-7(11)4-1-2-5-6(3-4)9(13)14-8(5)12;1-4-5-8(7(3)10)6(2)9(11)12;1-4-5(2-3-6(9)10)8(12)13-7(4)11;2-1-3/h6H,3-5H2,1-2H3,(H,12,13);4H,1-3H2,(H,10,11);4-5H2,1-3H3,(H,11,12);2-3H2,1H3,(H,9,10);1H2/b;;8-6-;;. The molecule has 0 aromatic carbocycles. The second-order valence-electron chi connectivity index (χ2n) is 12.6. The Balaban J connectivity index is 0.000000691. The first-order chi connectivity index (χ1) is 25.5. The van der Waals surface area contributed by atoms with Gasteiger partial charge in [0.1, 0.15) is 0 Å². The van der Waals surface area contributed by atoms with Gasteiger partial charge in [0.15, 0.2) is 11.6 Å². The van der Waals surface area contributed by atoms with Crippen LogP contribution in [0.3, 0.4) is 0 Å². The normalized spacial score (nSPS) is 19.0. The molecule has 0 amide bonds. The van der Waals surface area contributed by atoms with Gasteiger partial charge in [0.05, 0.1) is 8.35 Å². The first-order valence-corrected chi connectivity index (χ1v) is 20.0. The minimum Gasteiger partial charge on any atom is -0.481 e. The molecule has 0 fully saturated rings. The van der Waals surface area contributed by atoms with Gasteiger partial charge in [-0.15, -0.1) is 0 Å². The van der Waals surface area contributed by atoms with Crippen LogP contribution in [-0.2, 0) is 57.4 Å². The molecule has 4 aliphatic rings. The molecule has 2 atom stereocenters. The average Bonchev–Trinajstić information content (AvgIpc) is 3.52. The van der Waals surface area contributed by atoms with Crippen molar-refractivity contribution >= 4 is 105 Å². The number of carbonyl (C=O) groups is 10. The highest BCUT2D eigenvalue weighted by atomic mass is 127. The minimum absolute atomic E-state index is 0.0474. The van der Waals surface area contributed by atoms with Crippen LogP contribution in [-0.4, -0.2) is 82.2 Å². The summed E-state index contributed by atoms with van der Waals surface area (Å²) in [4.78, 5) is 108. The second-order valence-corrected chi connectivity index (χ2v) is 17.0. The van der Waals surface area contributed by atoms with Crippen LogP contribution in [0.25, 0.3) is 0 Å². The molecule has 4 rings (SSSR count). The van der Waals surface area contributed by atoms with Gasteiger partial charge in [-0.2, -0.15) is 0 Å². The van der Waals surface area contributed by atoms with E-state index in [2.05, 4.69) is 54.7 Å². The van der Waals surface area contributed by atoms with Crippen molar-refractivity contribution in [3.8, 4) is 0 Å². The molecule has 0 aromatic rings. The van der Waals surface area contributed by atoms with Crippen molar-refractivity contribution in [2.45, 2.75) is 106 Å². The van der Waals surface area contributed by atoms with Crippen LogP contribution in [0.2, 0.25) is 0 Å². The summed E-state index contributed by atoms with van der Waals surface area (Å²) in [5, 5.41) is 34.6. The Morgan fingerprint density at radius 1 is 0.745 bits per heavy atom. The Bertz CT molecular complexity index is 1700. The highest BCUT2D eigenvalue weighted by Crippen LogP contribution is 2.35. The summed E-state index contributed by atoms with van der Waals surface area (Å²) in [7, 11) is 0. The number of hydrogen-bond acceptors (Lipinski definition) is 12. The van der Waals surface area contributed by atoms with Crippen LogP contribution in [0.5, 0.6) is 0 Å². The third kappa shape index (κ3) is 17.1. The predicted octanol–water partition coefficient (Wildman–Crippen LogP) is 5.87. The molecule has 16 nitrogen and oxygen atoms in total. The molecule has 304 valence electrons. The first-order valence-electron chi connectivity index (χ1n) is 17.0. The third-order valence-corrected chi connectivity index (χ3v) is 8.55. The summed E-state index contributed by atoms with van der Waals surface area (Å²) in [6.45, 7) is 9.71. The lowest BCUT2D eigenvalue weighted by atomic mass is 9.83. The maximum absolute atomic E-state index is 11.1. The quantitative estimate of drug-likeness (QED) is 0.0655. The molecule has 18 heteroatoms. The fraction of sp³-hybridized carbons (Fsp3) is 0.514. The Kier molecular flexibility index (Phi) is 23.3. The van der Waals surface area contributed by atoms with Crippen molar-refractivity contribution in [2.75, 3.05) is 2.43 Å². The van der Waals surface area contributed by atoms with Crippen LogP contribution in [0.15, 0.2) is 44.6 Å². The highest BCUT2D eigenvalue weighted by molar-refractivity contribution is 14.2. The number of halogens is 2. The minimum atomic E-state index is -1.01. The van der Waals surface area contributed by atoms with Crippen molar-refractivity contribution < 1.29 is 77.8 Å². The number of ether oxygens (including phenoxy) is 2. The zero-order valence-electron chi connectivity index (χ0n) is 31.4. The monoisotopic (exact) mass is 1000 g/mol. The summed E-state index contributed by atoms with van der Waals surface area (Å²) >= 11 is 4.55. The zero-order valence-corrected chi connectivity index (χ0v) is 35.7. The van der Waals surface area contributed by atoms with Crippen molar-refractivity contribution in [1.29, 1.82) is 0 Å². The number of esters is 4. The summed E-state index contributed by atoms with van der Waals surface area (Å²) in [6.07, 6.45) is 4.09. The number of Topliss-reactive ketones (excluding diaryl/α,β-unsaturated/α-hetero) is 2. The van der Waals surface area contributed by atoms with Crippen molar-refractivity contribution in [3.63, 3.8) is 0 Å². The van der Waals surface area contributed by atoms with E-state index in [1.54, 1.807) is 0 Å². The Morgan fingerprint density at radius 2 is 1.29 bits per heavy atom. The van der Waals surface area contributed by atoms with Crippen molar-refractivity contribution in [1.82, 2.24) is 0 Å². The average molecular weight is 1000 g/mol. The lowest BCUT2D eigenvalue weighted by Gasteiger charge is -2.20. The van der Waals surface area contributed by atoms with Gasteiger partial charge in [-0.25, -0.2) is 28.8 Å². The largest absolute Gasteiger partial charge is 0.481 e. The van der Waals surface area contributed by atoms with E-state index >= 15 is 0 Å². The van der Waals surface area contributed by atoms with Crippen molar-refractivity contribution in [2.24, 2.45) is 11.8 Å². The molecule has 0 radical (unpaired) electrons. The van der Waals surface area contributed by atoms with Crippen LogP contribution >= 0.6 is 45.2 Å². The van der Waals surface area contributed by atoms with Crippen LogP contribution in [0, 0.1) is 11.8 Å². The Hall–Kier alpha value is -4.08. The predicted molar refractivity (Wildman–Crippen MR) is 211 cm³/mol. The van der Waals surface area contributed by atoms with Crippen LogP contribution < -0.4 is 0 Å². The summed E-state index contributed by atoms with van der Waals surface area (Å²) in [6, 6.07) is 0. The van der Waals surface area contributed by atoms with Crippen LogP contribution in [0.4, 0.5) is 0 Å². The van der Waals surface area contributed by atoms with Gasteiger partial charge in [-0.05, 0) is 85.0 Å². The van der Waals surface area contributed by atoms with E-state index in [0.717, 1.165) is 12.8 Å². The lowest BCUT2D eigenvalue weighted by Crippen LogP contribution is -2.20. The summed E-state index contributed by atoms with van der Waals surface area (Å²) < 4.78 is 9.85. The van der Waals surface area contributed by atoms with Gasteiger partial charge >= 0.3 is 47.8 Å². The van der Waals surface area contributed by atoms with E-state index in [9.17, 15) is 47.9 Å². The number of rotatable bonds is 10. The van der Waals surface area contributed by atoms with Gasteiger partial charge in [0, 0.05) is 51.0 Å². The molecule has 2 aliphatic heterocycles. The molecule has 0 aromatic heterocycles. The number of carboxylic acids is 4. The molecule has 0 bridgehead atoms. The summed E-state index contributed by atoms with van der Waals surface area (Å²) in [5.74, 6) is -6.91.